The molecule has 1 aromatic carbocycles. The number of hydrogen-bond acceptors (Lipinski definition) is 3. The monoisotopic (exact) mass is 359 g/mol. The molecule has 2 aromatic rings. The molecule has 0 aliphatic carbocycles. The minimum atomic E-state index is -3.46. The second kappa shape index (κ2) is 5.95. The van der Waals surface area contributed by atoms with Gasteiger partial charge in [0.1, 0.15) is 0 Å². The van der Waals surface area contributed by atoms with Crippen LogP contribution in [0.2, 0.25) is 0 Å². The largest absolute Gasteiger partial charge is 0.270 e. The molecule has 0 spiro atoms. The number of piperidine rings is 1. The number of benzene rings is 1. The van der Waals surface area contributed by atoms with E-state index in [1.165, 1.54) is 0 Å². The van der Waals surface area contributed by atoms with E-state index in [0.717, 1.165) is 42.4 Å². The van der Waals surface area contributed by atoms with Crippen molar-refractivity contribution in [3.63, 3.8) is 0 Å². The number of sulfonamides is 1. The zero-order chi connectivity index (χ0) is 17.8. The maximum absolute atomic E-state index is 13.5. The van der Waals surface area contributed by atoms with Crippen molar-refractivity contribution in [2.24, 2.45) is 0 Å². The lowest BCUT2D eigenvalue weighted by molar-refractivity contribution is 0.184. The minimum absolute atomic E-state index is 0.0815. The average molecular weight is 359 g/mol. The molecular formula is C19H25N3O2S. The molecule has 5 nitrogen and oxygen atoms in total. The highest BCUT2D eigenvalue weighted by atomic mass is 32.2. The Morgan fingerprint density at radius 1 is 1.00 bits per heavy atom. The first kappa shape index (κ1) is 16.8. The van der Waals surface area contributed by atoms with Crippen LogP contribution in [-0.2, 0) is 10.0 Å². The van der Waals surface area contributed by atoms with E-state index in [1.54, 1.807) is 6.20 Å². The highest BCUT2D eigenvalue weighted by Gasteiger charge is 2.48. The fourth-order valence-electron chi connectivity index (χ4n) is 4.89. The van der Waals surface area contributed by atoms with Gasteiger partial charge in [0.15, 0.2) is 0 Å². The van der Waals surface area contributed by atoms with Gasteiger partial charge in [0.05, 0.1) is 10.9 Å². The number of hydrogen-bond donors (Lipinski definition) is 0. The summed E-state index contributed by atoms with van der Waals surface area (Å²) >= 11 is 0. The second-order valence-electron chi connectivity index (χ2n) is 7.56. The Morgan fingerprint density at radius 3 is 2.12 bits per heavy atom. The summed E-state index contributed by atoms with van der Waals surface area (Å²) in [6.07, 6.45) is 7.38. The van der Waals surface area contributed by atoms with Crippen molar-refractivity contribution in [1.29, 1.82) is 0 Å². The molecule has 2 aliphatic heterocycles. The standard InChI is InChI=1S/C19H25N3O2S/c1-13-9-14(2)19(15(3)10-13)25(23,24)22-16-5-6-17(22)12-18(11-16)21-8-4-7-20-21/h4,7-10,16-18H,5-6,11-12H2,1-3H3. The van der Waals surface area contributed by atoms with Crippen LogP contribution >= 0.6 is 0 Å². The third-order valence-corrected chi connectivity index (χ3v) is 7.99. The summed E-state index contributed by atoms with van der Waals surface area (Å²) < 4.78 is 30.8. The number of nitrogens with zero attached hydrogens (tertiary/aromatic N) is 3. The second-order valence-corrected chi connectivity index (χ2v) is 9.34. The van der Waals surface area contributed by atoms with E-state index in [-0.39, 0.29) is 12.1 Å². The maximum atomic E-state index is 13.5. The molecule has 0 amide bonds. The lowest BCUT2D eigenvalue weighted by Gasteiger charge is -2.38. The van der Waals surface area contributed by atoms with Gasteiger partial charge in [-0.05, 0) is 63.6 Å². The summed E-state index contributed by atoms with van der Waals surface area (Å²) in [6.45, 7) is 5.83. The van der Waals surface area contributed by atoms with Crippen LogP contribution in [0.15, 0.2) is 35.5 Å². The Labute approximate surface area is 149 Å². The molecule has 2 bridgehead atoms. The summed E-state index contributed by atoms with van der Waals surface area (Å²) in [5, 5.41) is 4.37. The molecule has 2 saturated heterocycles. The smallest absolute Gasteiger partial charge is 0.244 e. The predicted molar refractivity (Wildman–Crippen MR) is 97.0 cm³/mol. The summed E-state index contributed by atoms with van der Waals surface area (Å²) in [6, 6.07) is 6.34. The Morgan fingerprint density at radius 2 is 1.60 bits per heavy atom. The van der Waals surface area contributed by atoms with Gasteiger partial charge in [-0.1, -0.05) is 17.7 Å². The highest BCUT2D eigenvalue weighted by Crippen LogP contribution is 2.44. The van der Waals surface area contributed by atoms with E-state index < -0.39 is 10.0 Å². The van der Waals surface area contributed by atoms with E-state index in [9.17, 15) is 8.42 Å². The Balaban J connectivity index is 1.69. The first-order valence-electron chi connectivity index (χ1n) is 8.98. The fourth-order valence-corrected chi connectivity index (χ4v) is 7.20. The van der Waals surface area contributed by atoms with Crippen LogP contribution in [-0.4, -0.2) is 34.6 Å². The minimum Gasteiger partial charge on any atom is -0.270 e. The number of rotatable bonds is 3. The van der Waals surface area contributed by atoms with Crippen molar-refractivity contribution >= 4 is 10.0 Å². The Kier molecular flexibility index (Phi) is 4.00. The van der Waals surface area contributed by atoms with Crippen molar-refractivity contribution in [3.8, 4) is 0 Å². The fraction of sp³-hybridized carbons (Fsp3) is 0.526. The van der Waals surface area contributed by atoms with Gasteiger partial charge in [0, 0.05) is 24.5 Å². The van der Waals surface area contributed by atoms with E-state index in [4.69, 9.17) is 0 Å². The van der Waals surface area contributed by atoms with E-state index in [0.29, 0.717) is 10.9 Å². The van der Waals surface area contributed by atoms with Crippen LogP contribution in [0.5, 0.6) is 0 Å². The summed E-state index contributed by atoms with van der Waals surface area (Å²) in [5.74, 6) is 0. The number of fused-ring (bicyclic) bond motifs is 2. The molecule has 25 heavy (non-hydrogen) atoms. The molecule has 4 rings (SSSR count). The van der Waals surface area contributed by atoms with Gasteiger partial charge in [-0.15, -0.1) is 0 Å². The van der Waals surface area contributed by atoms with Gasteiger partial charge >= 0.3 is 0 Å². The molecule has 2 unspecified atom stereocenters. The van der Waals surface area contributed by atoms with Crippen molar-refractivity contribution in [3.05, 3.63) is 47.3 Å². The third kappa shape index (κ3) is 2.72. The zero-order valence-corrected chi connectivity index (χ0v) is 15.8. The number of aromatic nitrogens is 2. The molecular weight excluding hydrogens is 334 g/mol. The van der Waals surface area contributed by atoms with Crippen LogP contribution in [0.25, 0.3) is 0 Å². The van der Waals surface area contributed by atoms with Gasteiger partial charge in [-0.2, -0.15) is 9.40 Å². The lowest BCUT2D eigenvalue weighted by Crippen LogP contribution is -2.47. The van der Waals surface area contributed by atoms with Gasteiger partial charge < -0.3 is 0 Å². The molecule has 2 fully saturated rings. The topological polar surface area (TPSA) is 55.2 Å². The average Bonchev–Trinajstić information content (AvgIpc) is 3.13. The summed E-state index contributed by atoms with van der Waals surface area (Å²) in [4.78, 5) is 0.507. The van der Waals surface area contributed by atoms with E-state index in [1.807, 2.05) is 54.2 Å². The molecule has 0 saturated carbocycles. The van der Waals surface area contributed by atoms with Gasteiger partial charge in [-0.25, -0.2) is 8.42 Å². The summed E-state index contributed by atoms with van der Waals surface area (Å²) in [5.41, 5.74) is 2.81. The van der Waals surface area contributed by atoms with Crippen molar-refractivity contribution in [2.75, 3.05) is 0 Å². The van der Waals surface area contributed by atoms with Gasteiger partial charge in [0.2, 0.25) is 10.0 Å². The highest BCUT2D eigenvalue weighted by molar-refractivity contribution is 7.89. The van der Waals surface area contributed by atoms with Crippen LogP contribution in [0.3, 0.4) is 0 Å². The van der Waals surface area contributed by atoms with Crippen molar-refractivity contribution in [2.45, 2.75) is 69.5 Å². The summed E-state index contributed by atoms with van der Waals surface area (Å²) in [7, 11) is -3.46. The molecule has 6 heteroatoms. The first-order chi connectivity index (χ1) is 11.9. The molecule has 1 aromatic heterocycles. The normalized spacial score (nSPS) is 26.9. The van der Waals surface area contributed by atoms with Crippen LogP contribution < -0.4 is 0 Å². The molecule has 2 atom stereocenters. The van der Waals surface area contributed by atoms with Crippen molar-refractivity contribution in [1.82, 2.24) is 14.1 Å². The van der Waals surface area contributed by atoms with Crippen LogP contribution in [0.4, 0.5) is 0 Å². The predicted octanol–water partition coefficient (Wildman–Crippen LogP) is 3.37. The molecule has 2 aliphatic rings. The molecule has 3 heterocycles. The molecule has 0 N–H and O–H groups in total. The third-order valence-electron chi connectivity index (χ3n) is 5.68. The lowest BCUT2D eigenvalue weighted by atomic mass is 10.00. The Hall–Kier alpha value is -1.66. The number of aryl methyl sites for hydroxylation is 3. The Bertz CT molecular complexity index is 852. The molecule has 0 radical (unpaired) electrons. The van der Waals surface area contributed by atoms with E-state index >= 15 is 0 Å². The van der Waals surface area contributed by atoms with Crippen LogP contribution in [0.1, 0.15) is 48.4 Å². The quantitative estimate of drug-likeness (QED) is 0.844. The van der Waals surface area contributed by atoms with Crippen LogP contribution in [0, 0.1) is 20.8 Å². The van der Waals surface area contributed by atoms with Gasteiger partial charge in [-0.3, -0.25) is 4.68 Å². The van der Waals surface area contributed by atoms with E-state index in [2.05, 4.69) is 5.10 Å². The van der Waals surface area contributed by atoms with Gasteiger partial charge in [0.25, 0.3) is 0 Å². The zero-order valence-electron chi connectivity index (χ0n) is 15.0. The maximum Gasteiger partial charge on any atom is 0.244 e. The SMILES string of the molecule is Cc1cc(C)c(S(=O)(=O)N2C3CCC2CC(n2cccn2)C3)c(C)c1. The molecule has 134 valence electrons. The first-order valence-corrected chi connectivity index (χ1v) is 10.4. The van der Waals surface area contributed by atoms with Crippen molar-refractivity contribution < 1.29 is 8.42 Å².